The van der Waals surface area contributed by atoms with E-state index in [4.69, 9.17) is 0 Å². The molecule has 2 rings (SSSR count). The van der Waals surface area contributed by atoms with Crippen molar-refractivity contribution in [1.82, 2.24) is 10.2 Å². The van der Waals surface area contributed by atoms with Crippen molar-refractivity contribution in [2.45, 2.75) is 39.0 Å². The molecule has 136 valence electrons. The predicted molar refractivity (Wildman–Crippen MR) is 89.6 cm³/mol. The maximum atomic E-state index is 12.1. The Balaban J connectivity index is 1.73. The molecule has 2 aliphatic rings. The molecule has 1 aliphatic carbocycles. The molecule has 2 atom stereocenters. The Bertz CT molecular complexity index is 551. The van der Waals surface area contributed by atoms with Crippen LogP contribution in [-0.4, -0.2) is 53.4 Å². The zero-order valence-electron chi connectivity index (χ0n) is 14.4. The van der Waals surface area contributed by atoms with Gasteiger partial charge in [-0.15, -0.1) is 0 Å². The minimum atomic E-state index is -3.09. The standard InChI is InChI=1S/C16H27N2O5P/c1-11-9-14(19)18(16(11)21)10-12-3-5-13(6-4-12)15(20)17-7-8-24(2,22)23/h11-13H,3-10H2,1-2H3,(H,17,20)(H,22,23). The molecule has 2 unspecified atom stereocenters. The van der Waals surface area contributed by atoms with Gasteiger partial charge in [-0.05, 0) is 31.6 Å². The van der Waals surface area contributed by atoms with E-state index in [1.807, 2.05) is 0 Å². The summed E-state index contributed by atoms with van der Waals surface area (Å²) in [5.74, 6) is -0.251. The molecular formula is C16H27N2O5P. The van der Waals surface area contributed by atoms with Gasteiger partial charge in [-0.2, -0.15) is 0 Å². The summed E-state index contributed by atoms with van der Waals surface area (Å²) in [5, 5.41) is 2.73. The molecule has 0 aromatic carbocycles. The van der Waals surface area contributed by atoms with Gasteiger partial charge in [0.15, 0.2) is 7.37 Å². The van der Waals surface area contributed by atoms with Gasteiger partial charge in [0, 0.05) is 44.2 Å². The molecule has 1 heterocycles. The Labute approximate surface area is 142 Å². The van der Waals surface area contributed by atoms with E-state index in [-0.39, 0.29) is 48.2 Å². The van der Waals surface area contributed by atoms with Crippen molar-refractivity contribution in [1.29, 1.82) is 0 Å². The van der Waals surface area contributed by atoms with E-state index in [1.54, 1.807) is 6.92 Å². The van der Waals surface area contributed by atoms with Gasteiger partial charge in [0.2, 0.25) is 17.7 Å². The lowest BCUT2D eigenvalue weighted by atomic mass is 9.81. The minimum absolute atomic E-state index is 0.0659. The van der Waals surface area contributed by atoms with Gasteiger partial charge in [0.05, 0.1) is 0 Å². The van der Waals surface area contributed by atoms with Crippen molar-refractivity contribution in [2.75, 3.05) is 25.9 Å². The molecular weight excluding hydrogens is 331 g/mol. The van der Waals surface area contributed by atoms with E-state index in [9.17, 15) is 23.8 Å². The molecule has 0 bridgehead atoms. The number of carbonyl (C=O) groups is 3. The number of rotatable bonds is 6. The van der Waals surface area contributed by atoms with Crippen LogP contribution >= 0.6 is 7.37 Å². The second-order valence-corrected chi connectivity index (χ2v) is 9.78. The summed E-state index contributed by atoms with van der Waals surface area (Å²) in [6.45, 7) is 3.76. The van der Waals surface area contributed by atoms with Crippen LogP contribution in [0.4, 0.5) is 0 Å². The second kappa shape index (κ2) is 7.79. The van der Waals surface area contributed by atoms with Gasteiger partial charge in [-0.25, -0.2) is 0 Å². The maximum Gasteiger partial charge on any atom is 0.232 e. The summed E-state index contributed by atoms with van der Waals surface area (Å²) in [6, 6.07) is 0. The number of nitrogens with one attached hydrogen (secondary N) is 1. The third-order valence-electron chi connectivity index (χ3n) is 4.95. The Kier molecular flexibility index (Phi) is 6.21. The molecule has 7 nitrogen and oxygen atoms in total. The van der Waals surface area contributed by atoms with Gasteiger partial charge in [0.1, 0.15) is 0 Å². The van der Waals surface area contributed by atoms with E-state index in [0.717, 1.165) is 25.7 Å². The number of likely N-dealkylation sites (tertiary alicyclic amines) is 1. The zero-order chi connectivity index (χ0) is 17.9. The molecule has 2 N–H and O–H groups in total. The largest absolute Gasteiger partial charge is 0.355 e. The summed E-state index contributed by atoms with van der Waals surface area (Å²) in [4.78, 5) is 46.5. The molecule has 24 heavy (non-hydrogen) atoms. The lowest BCUT2D eigenvalue weighted by Gasteiger charge is -2.30. The zero-order valence-corrected chi connectivity index (χ0v) is 15.3. The fourth-order valence-electron chi connectivity index (χ4n) is 3.44. The van der Waals surface area contributed by atoms with Crippen molar-refractivity contribution < 1.29 is 23.8 Å². The van der Waals surface area contributed by atoms with Crippen LogP contribution in [0.15, 0.2) is 0 Å². The van der Waals surface area contributed by atoms with Gasteiger partial charge in [-0.3, -0.25) is 23.8 Å². The van der Waals surface area contributed by atoms with Crippen LogP contribution in [0.2, 0.25) is 0 Å². The summed E-state index contributed by atoms with van der Waals surface area (Å²) in [6.07, 6.45) is 3.48. The molecule has 0 spiro atoms. The number of carbonyl (C=O) groups excluding carboxylic acids is 3. The maximum absolute atomic E-state index is 12.1. The summed E-state index contributed by atoms with van der Waals surface area (Å²) < 4.78 is 11.2. The first-order valence-corrected chi connectivity index (χ1v) is 10.9. The normalized spacial score (nSPS) is 30.3. The fourth-order valence-corrected chi connectivity index (χ4v) is 3.96. The number of amides is 3. The first kappa shape index (κ1) is 19.1. The van der Waals surface area contributed by atoms with Crippen LogP contribution in [0.1, 0.15) is 39.0 Å². The van der Waals surface area contributed by atoms with Crippen LogP contribution in [0.3, 0.4) is 0 Å². The molecule has 3 amide bonds. The molecule has 0 aromatic heterocycles. The number of hydrogen-bond acceptors (Lipinski definition) is 4. The number of nitrogens with zero attached hydrogens (tertiary/aromatic N) is 1. The topological polar surface area (TPSA) is 104 Å². The molecule has 0 radical (unpaired) electrons. The Morgan fingerprint density at radius 3 is 2.42 bits per heavy atom. The third kappa shape index (κ3) is 5.15. The second-order valence-electron chi connectivity index (χ2n) is 7.23. The summed E-state index contributed by atoms with van der Waals surface area (Å²) >= 11 is 0. The highest BCUT2D eigenvalue weighted by molar-refractivity contribution is 7.57. The third-order valence-corrected chi connectivity index (χ3v) is 6.01. The average molecular weight is 358 g/mol. The van der Waals surface area contributed by atoms with E-state index in [2.05, 4.69) is 5.32 Å². The van der Waals surface area contributed by atoms with Crippen LogP contribution in [0.5, 0.6) is 0 Å². The van der Waals surface area contributed by atoms with Crippen molar-refractivity contribution >= 4 is 25.1 Å². The fraction of sp³-hybridized carbons (Fsp3) is 0.812. The molecule has 0 aromatic rings. The highest BCUT2D eigenvalue weighted by Crippen LogP contribution is 2.34. The smallest absolute Gasteiger partial charge is 0.232 e. The van der Waals surface area contributed by atoms with Crippen LogP contribution in [0.25, 0.3) is 0 Å². The van der Waals surface area contributed by atoms with Crippen LogP contribution in [0, 0.1) is 17.8 Å². The van der Waals surface area contributed by atoms with E-state index in [1.165, 1.54) is 11.6 Å². The van der Waals surface area contributed by atoms with Gasteiger partial charge in [-0.1, -0.05) is 6.92 Å². The number of hydrogen-bond donors (Lipinski definition) is 2. The SMILES string of the molecule is CC1CC(=O)N(CC2CCC(C(=O)NCCP(C)(=O)O)CC2)C1=O. The van der Waals surface area contributed by atoms with Crippen LogP contribution in [-0.2, 0) is 18.9 Å². The summed E-state index contributed by atoms with van der Waals surface area (Å²) in [7, 11) is -3.09. The Morgan fingerprint density at radius 1 is 1.29 bits per heavy atom. The van der Waals surface area contributed by atoms with E-state index < -0.39 is 7.37 Å². The van der Waals surface area contributed by atoms with Crippen molar-refractivity contribution in [3.8, 4) is 0 Å². The highest BCUT2D eigenvalue weighted by Gasteiger charge is 2.37. The van der Waals surface area contributed by atoms with Crippen molar-refractivity contribution in [3.63, 3.8) is 0 Å². The first-order valence-electron chi connectivity index (χ1n) is 8.58. The lowest BCUT2D eigenvalue weighted by Crippen LogP contribution is -2.39. The molecule has 1 saturated heterocycles. The summed E-state index contributed by atoms with van der Waals surface area (Å²) in [5.41, 5.74) is 0. The average Bonchev–Trinajstić information content (AvgIpc) is 2.73. The first-order chi connectivity index (χ1) is 11.2. The Hall–Kier alpha value is -1.20. The molecule has 8 heteroatoms. The minimum Gasteiger partial charge on any atom is -0.355 e. The molecule has 2 fully saturated rings. The van der Waals surface area contributed by atoms with Gasteiger partial charge in [0.25, 0.3) is 0 Å². The quantitative estimate of drug-likeness (QED) is 0.549. The van der Waals surface area contributed by atoms with Gasteiger partial charge < -0.3 is 10.2 Å². The van der Waals surface area contributed by atoms with Crippen molar-refractivity contribution in [2.24, 2.45) is 17.8 Å². The van der Waals surface area contributed by atoms with E-state index >= 15 is 0 Å². The van der Waals surface area contributed by atoms with Crippen molar-refractivity contribution in [3.05, 3.63) is 0 Å². The van der Waals surface area contributed by atoms with Crippen LogP contribution < -0.4 is 5.32 Å². The van der Waals surface area contributed by atoms with E-state index in [0.29, 0.717) is 13.0 Å². The van der Waals surface area contributed by atoms with Gasteiger partial charge >= 0.3 is 0 Å². The molecule has 1 saturated carbocycles. The predicted octanol–water partition coefficient (Wildman–Crippen LogP) is 1.20. The number of imide groups is 1. The molecule has 1 aliphatic heterocycles. The Morgan fingerprint density at radius 2 is 1.92 bits per heavy atom. The lowest BCUT2D eigenvalue weighted by molar-refractivity contribution is -0.140. The highest BCUT2D eigenvalue weighted by atomic mass is 31.2. The monoisotopic (exact) mass is 358 g/mol.